The SMILES string of the molecule is C[C@@H]1CCCC[C@@H]1NC(=O)C[NH+]1CCN(S(=O)(=O)c2ccccc2F)CC1. The molecule has 27 heavy (non-hydrogen) atoms. The summed E-state index contributed by atoms with van der Waals surface area (Å²) in [6, 6.07) is 5.71. The van der Waals surface area contributed by atoms with E-state index in [4.69, 9.17) is 0 Å². The van der Waals surface area contributed by atoms with Gasteiger partial charge in [-0.3, -0.25) is 4.79 Å². The molecule has 1 aliphatic carbocycles. The Balaban J connectivity index is 1.51. The maximum Gasteiger partial charge on any atom is 0.275 e. The van der Waals surface area contributed by atoms with Crippen LogP contribution in [0.5, 0.6) is 0 Å². The van der Waals surface area contributed by atoms with Crippen LogP contribution in [0.3, 0.4) is 0 Å². The molecule has 1 saturated heterocycles. The number of quaternary nitrogens is 1. The quantitative estimate of drug-likeness (QED) is 0.755. The van der Waals surface area contributed by atoms with Crippen molar-refractivity contribution in [2.75, 3.05) is 32.7 Å². The van der Waals surface area contributed by atoms with Gasteiger partial charge >= 0.3 is 0 Å². The molecule has 0 aromatic heterocycles. The van der Waals surface area contributed by atoms with Crippen molar-refractivity contribution in [3.8, 4) is 0 Å². The maximum absolute atomic E-state index is 13.9. The van der Waals surface area contributed by atoms with Crippen LogP contribution >= 0.6 is 0 Å². The number of amides is 1. The van der Waals surface area contributed by atoms with Crippen LogP contribution in [-0.4, -0.2) is 57.4 Å². The lowest BCUT2D eigenvalue weighted by Crippen LogP contribution is -3.15. The average molecular weight is 399 g/mol. The number of nitrogens with one attached hydrogen (secondary N) is 2. The molecule has 3 rings (SSSR count). The summed E-state index contributed by atoms with van der Waals surface area (Å²) in [5, 5.41) is 3.15. The molecular formula is C19H29FN3O3S+. The van der Waals surface area contributed by atoms with Crippen molar-refractivity contribution in [1.29, 1.82) is 0 Å². The molecule has 1 heterocycles. The number of halogens is 1. The molecule has 1 amide bonds. The summed E-state index contributed by atoms with van der Waals surface area (Å²) in [5.74, 6) is -0.178. The van der Waals surface area contributed by atoms with E-state index in [1.165, 1.54) is 28.9 Å². The van der Waals surface area contributed by atoms with Gasteiger partial charge in [0.25, 0.3) is 5.91 Å². The minimum absolute atomic E-state index is 0.0363. The van der Waals surface area contributed by atoms with E-state index >= 15 is 0 Å². The highest BCUT2D eigenvalue weighted by atomic mass is 32.2. The zero-order chi connectivity index (χ0) is 19.4. The fraction of sp³-hybridized carbons (Fsp3) is 0.632. The number of rotatable bonds is 5. The van der Waals surface area contributed by atoms with E-state index in [1.807, 2.05) is 0 Å². The molecule has 2 fully saturated rings. The maximum atomic E-state index is 13.9. The van der Waals surface area contributed by atoms with Gasteiger partial charge in [0, 0.05) is 6.04 Å². The Bertz CT molecular complexity index is 763. The van der Waals surface area contributed by atoms with Crippen LogP contribution in [0.15, 0.2) is 29.2 Å². The Kier molecular flexibility index (Phi) is 6.49. The number of hydrogen-bond donors (Lipinski definition) is 2. The third-order valence-corrected chi connectivity index (χ3v) is 7.68. The second-order valence-corrected chi connectivity index (χ2v) is 9.60. The van der Waals surface area contributed by atoms with Crippen molar-refractivity contribution in [2.24, 2.45) is 5.92 Å². The van der Waals surface area contributed by atoms with Crippen LogP contribution in [0.4, 0.5) is 4.39 Å². The Morgan fingerprint density at radius 2 is 1.89 bits per heavy atom. The molecule has 1 saturated carbocycles. The molecule has 1 aromatic rings. The largest absolute Gasteiger partial charge is 0.348 e. The van der Waals surface area contributed by atoms with Crippen LogP contribution in [0.25, 0.3) is 0 Å². The number of sulfonamides is 1. The third kappa shape index (κ3) is 4.86. The first-order valence-corrected chi connectivity index (χ1v) is 11.2. The van der Waals surface area contributed by atoms with Gasteiger partial charge in [-0.1, -0.05) is 31.9 Å². The summed E-state index contributed by atoms with van der Waals surface area (Å²) < 4.78 is 40.5. The summed E-state index contributed by atoms with van der Waals surface area (Å²) >= 11 is 0. The predicted molar refractivity (Wildman–Crippen MR) is 100 cm³/mol. The van der Waals surface area contributed by atoms with Crippen molar-refractivity contribution in [2.45, 2.75) is 43.5 Å². The molecule has 2 aliphatic rings. The minimum atomic E-state index is -3.83. The number of nitrogens with zero attached hydrogens (tertiary/aromatic N) is 1. The lowest BCUT2D eigenvalue weighted by Gasteiger charge is -2.33. The van der Waals surface area contributed by atoms with Gasteiger partial charge in [-0.25, -0.2) is 12.8 Å². The van der Waals surface area contributed by atoms with Gasteiger partial charge < -0.3 is 10.2 Å². The smallest absolute Gasteiger partial charge is 0.275 e. The first-order valence-electron chi connectivity index (χ1n) is 9.75. The van der Waals surface area contributed by atoms with E-state index in [0.29, 0.717) is 38.6 Å². The first-order chi connectivity index (χ1) is 12.9. The van der Waals surface area contributed by atoms with Gasteiger partial charge in [-0.05, 0) is 30.9 Å². The van der Waals surface area contributed by atoms with Gasteiger partial charge in [0.1, 0.15) is 10.7 Å². The molecule has 8 heteroatoms. The fourth-order valence-corrected chi connectivity index (χ4v) is 5.53. The van der Waals surface area contributed by atoms with Crippen molar-refractivity contribution < 1.29 is 22.5 Å². The molecular weight excluding hydrogens is 369 g/mol. The molecule has 2 N–H and O–H groups in total. The lowest BCUT2D eigenvalue weighted by atomic mass is 9.86. The van der Waals surface area contributed by atoms with E-state index in [1.54, 1.807) is 0 Å². The van der Waals surface area contributed by atoms with Crippen LogP contribution in [0, 0.1) is 11.7 Å². The van der Waals surface area contributed by atoms with Crippen LogP contribution in [0.2, 0.25) is 0 Å². The summed E-state index contributed by atoms with van der Waals surface area (Å²) in [7, 11) is -3.83. The highest BCUT2D eigenvalue weighted by Gasteiger charge is 2.33. The number of benzene rings is 1. The van der Waals surface area contributed by atoms with E-state index in [-0.39, 0.29) is 16.8 Å². The summed E-state index contributed by atoms with van der Waals surface area (Å²) in [5.41, 5.74) is 0. The first kappa shape index (κ1) is 20.2. The highest BCUT2D eigenvalue weighted by Crippen LogP contribution is 2.23. The van der Waals surface area contributed by atoms with Crippen LogP contribution < -0.4 is 10.2 Å². The minimum Gasteiger partial charge on any atom is -0.348 e. The number of carbonyl (C=O) groups is 1. The van der Waals surface area contributed by atoms with Crippen molar-refractivity contribution in [3.05, 3.63) is 30.1 Å². The predicted octanol–water partition coefficient (Wildman–Crippen LogP) is 0.410. The Labute approximate surface area is 160 Å². The van der Waals surface area contributed by atoms with E-state index in [2.05, 4.69) is 12.2 Å². The van der Waals surface area contributed by atoms with E-state index in [9.17, 15) is 17.6 Å². The molecule has 1 aromatic carbocycles. The molecule has 6 nitrogen and oxygen atoms in total. The van der Waals surface area contributed by atoms with E-state index < -0.39 is 15.8 Å². The number of carbonyl (C=O) groups excluding carboxylic acids is 1. The molecule has 1 aliphatic heterocycles. The van der Waals surface area contributed by atoms with Gasteiger partial charge in [0.2, 0.25) is 10.0 Å². The van der Waals surface area contributed by atoms with Crippen molar-refractivity contribution >= 4 is 15.9 Å². The van der Waals surface area contributed by atoms with Gasteiger partial charge in [0.05, 0.1) is 26.2 Å². The van der Waals surface area contributed by atoms with Crippen molar-refractivity contribution in [1.82, 2.24) is 9.62 Å². The number of hydrogen-bond acceptors (Lipinski definition) is 3. The van der Waals surface area contributed by atoms with Crippen molar-refractivity contribution in [3.63, 3.8) is 0 Å². The zero-order valence-corrected chi connectivity index (χ0v) is 16.6. The number of piperazine rings is 1. The summed E-state index contributed by atoms with van der Waals surface area (Å²) in [6.45, 7) is 4.21. The van der Waals surface area contributed by atoms with Gasteiger partial charge in [-0.2, -0.15) is 4.31 Å². The Hall–Kier alpha value is -1.51. The second kappa shape index (κ2) is 8.67. The zero-order valence-electron chi connectivity index (χ0n) is 15.8. The highest BCUT2D eigenvalue weighted by molar-refractivity contribution is 7.89. The summed E-state index contributed by atoms with van der Waals surface area (Å²) in [6.07, 6.45) is 4.59. The standard InChI is InChI=1S/C19H28FN3O3S/c1-15-6-2-4-8-17(15)21-19(24)14-22-10-12-23(13-11-22)27(25,26)18-9-5-3-7-16(18)20/h3,5,7,9,15,17H,2,4,6,8,10-14H2,1H3,(H,21,24)/p+1/t15-,17+/m1/s1. The van der Waals surface area contributed by atoms with Gasteiger partial charge in [0.15, 0.2) is 6.54 Å². The monoisotopic (exact) mass is 398 g/mol. The molecule has 150 valence electrons. The third-order valence-electron chi connectivity index (χ3n) is 5.75. The lowest BCUT2D eigenvalue weighted by molar-refractivity contribution is -0.895. The molecule has 2 atom stereocenters. The fourth-order valence-electron chi connectivity index (χ4n) is 4.03. The Morgan fingerprint density at radius 1 is 1.22 bits per heavy atom. The average Bonchev–Trinajstić information content (AvgIpc) is 2.64. The van der Waals surface area contributed by atoms with Gasteiger partial charge in [-0.15, -0.1) is 0 Å². The normalized spacial score (nSPS) is 25.3. The topological polar surface area (TPSA) is 70.9 Å². The molecule has 0 spiro atoms. The molecule has 0 radical (unpaired) electrons. The second-order valence-electron chi connectivity index (χ2n) is 7.70. The van der Waals surface area contributed by atoms with E-state index in [0.717, 1.165) is 30.2 Å². The van der Waals surface area contributed by atoms with Crippen LogP contribution in [-0.2, 0) is 14.8 Å². The summed E-state index contributed by atoms with van der Waals surface area (Å²) in [4.78, 5) is 13.1. The van der Waals surface area contributed by atoms with Crippen LogP contribution in [0.1, 0.15) is 32.6 Å². The molecule has 0 unspecified atom stereocenters. The molecule has 0 bridgehead atoms. The Morgan fingerprint density at radius 3 is 2.56 bits per heavy atom.